The average Bonchev–Trinajstić information content (AvgIpc) is 2.56. The van der Waals surface area contributed by atoms with Gasteiger partial charge in [-0.25, -0.2) is 4.79 Å². The van der Waals surface area contributed by atoms with Gasteiger partial charge in [0.2, 0.25) is 0 Å². The Morgan fingerprint density at radius 2 is 1.86 bits per heavy atom. The molecular weight excluding hydrogens is 282 g/mol. The van der Waals surface area contributed by atoms with Gasteiger partial charge < -0.3 is 14.8 Å². The highest BCUT2D eigenvalue weighted by Gasteiger charge is 2.08. The van der Waals surface area contributed by atoms with E-state index in [-0.39, 0.29) is 19.1 Å². The maximum Gasteiger partial charge on any atom is 0.344 e. The zero-order chi connectivity index (χ0) is 15.8. The van der Waals surface area contributed by atoms with E-state index in [2.05, 4.69) is 11.9 Å². The Morgan fingerprint density at radius 1 is 1.09 bits per heavy atom. The number of amides is 1. The Kier molecular flexibility index (Phi) is 5.54. The van der Waals surface area contributed by atoms with Crippen LogP contribution < -0.4 is 10.1 Å². The Morgan fingerprint density at radius 3 is 2.64 bits per heavy atom. The van der Waals surface area contributed by atoms with E-state index in [1.54, 1.807) is 12.1 Å². The highest BCUT2D eigenvalue weighted by Crippen LogP contribution is 2.20. The van der Waals surface area contributed by atoms with Gasteiger partial charge in [0.1, 0.15) is 5.75 Å². The van der Waals surface area contributed by atoms with Gasteiger partial charge in [-0.05, 0) is 22.9 Å². The molecule has 0 aliphatic rings. The van der Waals surface area contributed by atoms with Crippen LogP contribution in [0.5, 0.6) is 5.75 Å². The number of rotatable bonds is 7. The second-order valence-electron chi connectivity index (χ2n) is 4.55. The summed E-state index contributed by atoms with van der Waals surface area (Å²) in [6.07, 6.45) is 1.54. The van der Waals surface area contributed by atoms with Gasteiger partial charge in [0.15, 0.2) is 13.2 Å². The van der Waals surface area contributed by atoms with Crippen LogP contribution in [-0.4, -0.2) is 31.6 Å². The van der Waals surface area contributed by atoms with Crippen molar-refractivity contribution in [3.8, 4) is 5.75 Å². The molecule has 2 aromatic carbocycles. The molecule has 1 N–H and O–H groups in total. The van der Waals surface area contributed by atoms with Crippen LogP contribution in [0.1, 0.15) is 0 Å². The fraction of sp³-hybridized carbons (Fsp3) is 0.176. The van der Waals surface area contributed by atoms with Crippen molar-refractivity contribution in [2.45, 2.75) is 0 Å². The third-order valence-corrected chi connectivity index (χ3v) is 2.89. The first-order valence-corrected chi connectivity index (χ1v) is 6.84. The van der Waals surface area contributed by atoms with Crippen molar-refractivity contribution in [2.24, 2.45) is 0 Å². The number of carbonyl (C=O) groups is 2. The van der Waals surface area contributed by atoms with E-state index in [0.29, 0.717) is 12.3 Å². The molecule has 0 bridgehead atoms. The SMILES string of the molecule is C=CCNC(=O)COC(=O)COc1ccc2ccccc2c1. The average molecular weight is 299 g/mol. The lowest BCUT2D eigenvalue weighted by Gasteiger charge is -2.08. The van der Waals surface area contributed by atoms with E-state index in [1.165, 1.54) is 0 Å². The first-order chi connectivity index (χ1) is 10.7. The largest absolute Gasteiger partial charge is 0.482 e. The summed E-state index contributed by atoms with van der Waals surface area (Å²) >= 11 is 0. The molecule has 2 aromatic rings. The minimum absolute atomic E-state index is 0.243. The van der Waals surface area contributed by atoms with Crippen LogP contribution in [0.3, 0.4) is 0 Å². The van der Waals surface area contributed by atoms with Crippen LogP contribution in [0, 0.1) is 0 Å². The van der Waals surface area contributed by atoms with Gasteiger partial charge in [0.25, 0.3) is 5.91 Å². The van der Waals surface area contributed by atoms with E-state index in [9.17, 15) is 9.59 Å². The number of benzene rings is 2. The second kappa shape index (κ2) is 7.83. The van der Waals surface area contributed by atoms with Crippen molar-refractivity contribution >= 4 is 22.6 Å². The van der Waals surface area contributed by atoms with Crippen LogP contribution in [0.15, 0.2) is 55.1 Å². The lowest BCUT2D eigenvalue weighted by Crippen LogP contribution is -2.29. The molecule has 2 rings (SSSR count). The molecule has 5 heteroatoms. The Hall–Kier alpha value is -2.82. The zero-order valence-corrected chi connectivity index (χ0v) is 12.1. The van der Waals surface area contributed by atoms with Gasteiger partial charge in [-0.1, -0.05) is 36.4 Å². The minimum Gasteiger partial charge on any atom is -0.482 e. The van der Waals surface area contributed by atoms with Gasteiger partial charge in [-0.2, -0.15) is 0 Å². The van der Waals surface area contributed by atoms with E-state index in [4.69, 9.17) is 9.47 Å². The summed E-state index contributed by atoms with van der Waals surface area (Å²) in [6.45, 7) is 3.24. The highest BCUT2D eigenvalue weighted by molar-refractivity contribution is 5.84. The van der Waals surface area contributed by atoms with Gasteiger partial charge in [0, 0.05) is 6.54 Å². The molecule has 22 heavy (non-hydrogen) atoms. The summed E-state index contributed by atoms with van der Waals surface area (Å²) in [5, 5.41) is 4.63. The molecule has 0 spiro atoms. The maximum atomic E-state index is 11.5. The van der Waals surface area contributed by atoms with Crippen LogP contribution in [0.25, 0.3) is 10.8 Å². The Bertz CT molecular complexity index is 681. The Labute approximate surface area is 128 Å². The van der Waals surface area contributed by atoms with Crippen molar-refractivity contribution < 1.29 is 19.1 Å². The van der Waals surface area contributed by atoms with Crippen molar-refractivity contribution in [1.29, 1.82) is 0 Å². The predicted molar refractivity (Wildman–Crippen MR) is 83.6 cm³/mol. The monoisotopic (exact) mass is 299 g/mol. The molecule has 0 aromatic heterocycles. The molecular formula is C17H17NO4. The van der Waals surface area contributed by atoms with Crippen LogP contribution in [0.2, 0.25) is 0 Å². The van der Waals surface area contributed by atoms with Gasteiger partial charge in [-0.3, -0.25) is 4.79 Å². The minimum atomic E-state index is -0.595. The van der Waals surface area contributed by atoms with E-state index >= 15 is 0 Å². The number of hydrogen-bond acceptors (Lipinski definition) is 4. The fourth-order valence-corrected chi connectivity index (χ4v) is 1.82. The highest BCUT2D eigenvalue weighted by atomic mass is 16.6. The number of nitrogens with one attached hydrogen (secondary N) is 1. The number of carbonyl (C=O) groups excluding carboxylic acids is 2. The Balaban J connectivity index is 1.79. The second-order valence-corrected chi connectivity index (χ2v) is 4.55. The normalized spacial score (nSPS) is 10.0. The standard InChI is InChI=1S/C17H17NO4/c1-2-9-18-16(19)11-22-17(20)12-21-15-8-7-13-5-3-4-6-14(13)10-15/h2-8,10H,1,9,11-12H2,(H,18,19). The predicted octanol–water partition coefficient (Wildman–Crippen LogP) is 2.06. The molecule has 0 heterocycles. The molecule has 1 amide bonds. The maximum absolute atomic E-state index is 11.5. The fourth-order valence-electron chi connectivity index (χ4n) is 1.82. The van der Waals surface area contributed by atoms with Gasteiger partial charge >= 0.3 is 5.97 Å². The van der Waals surface area contributed by atoms with Crippen molar-refractivity contribution in [1.82, 2.24) is 5.32 Å². The molecule has 0 unspecified atom stereocenters. The molecule has 0 saturated carbocycles. The molecule has 0 atom stereocenters. The molecule has 0 saturated heterocycles. The van der Waals surface area contributed by atoms with Gasteiger partial charge in [0.05, 0.1) is 0 Å². The van der Waals surface area contributed by atoms with E-state index in [1.807, 2.05) is 36.4 Å². The topological polar surface area (TPSA) is 64.6 Å². The number of ether oxygens (including phenoxy) is 2. The van der Waals surface area contributed by atoms with Crippen LogP contribution in [-0.2, 0) is 14.3 Å². The van der Waals surface area contributed by atoms with Crippen molar-refractivity contribution in [2.75, 3.05) is 19.8 Å². The van der Waals surface area contributed by atoms with Crippen molar-refractivity contribution in [3.63, 3.8) is 0 Å². The summed E-state index contributed by atoms with van der Waals surface area (Å²) in [6, 6.07) is 13.4. The van der Waals surface area contributed by atoms with Crippen LogP contribution >= 0.6 is 0 Å². The van der Waals surface area contributed by atoms with Crippen molar-refractivity contribution in [3.05, 3.63) is 55.1 Å². The van der Waals surface area contributed by atoms with Gasteiger partial charge in [-0.15, -0.1) is 6.58 Å². The molecule has 0 aliphatic carbocycles. The van der Waals surface area contributed by atoms with E-state index in [0.717, 1.165) is 10.8 Å². The first kappa shape index (κ1) is 15.6. The lowest BCUT2D eigenvalue weighted by molar-refractivity contribution is -0.150. The molecule has 114 valence electrons. The summed E-state index contributed by atoms with van der Waals surface area (Å²) in [4.78, 5) is 22.8. The molecule has 0 radical (unpaired) electrons. The zero-order valence-electron chi connectivity index (χ0n) is 12.1. The molecule has 5 nitrogen and oxygen atoms in total. The number of fused-ring (bicyclic) bond motifs is 1. The summed E-state index contributed by atoms with van der Waals surface area (Å²) in [5.41, 5.74) is 0. The lowest BCUT2D eigenvalue weighted by atomic mass is 10.1. The first-order valence-electron chi connectivity index (χ1n) is 6.84. The number of esters is 1. The smallest absolute Gasteiger partial charge is 0.344 e. The summed E-state index contributed by atoms with van der Waals surface area (Å²) in [7, 11) is 0. The summed E-state index contributed by atoms with van der Waals surface area (Å²) < 4.78 is 10.2. The summed E-state index contributed by atoms with van der Waals surface area (Å²) in [5.74, 6) is -0.396. The molecule has 0 aliphatic heterocycles. The molecule has 0 fully saturated rings. The quantitative estimate of drug-likeness (QED) is 0.628. The number of hydrogen-bond donors (Lipinski definition) is 1. The third kappa shape index (κ3) is 4.63. The third-order valence-electron chi connectivity index (χ3n) is 2.89. The van der Waals surface area contributed by atoms with E-state index < -0.39 is 5.97 Å². The van der Waals surface area contributed by atoms with Crippen LogP contribution in [0.4, 0.5) is 0 Å².